The number of halogens is 1. The average molecular weight is 311 g/mol. The van der Waals surface area contributed by atoms with E-state index >= 15 is 0 Å². The molecule has 0 saturated carbocycles. The third-order valence-electron chi connectivity index (χ3n) is 3.37. The summed E-state index contributed by atoms with van der Waals surface area (Å²) in [6.07, 6.45) is 6.23. The molecule has 2 aromatic heterocycles. The fraction of sp³-hybridized carbons (Fsp3) is 0.467. The molecule has 0 spiro atoms. The van der Waals surface area contributed by atoms with Gasteiger partial charge in [0.15, 0.2) is 0 Å². The minimum atomic E-state index is -0.784. The van der Waals surface area contributed by atoms with Crippen molar-refractivity contribution in [3.63, 3.8) is 0 Å². The van der Waals surface area contributed by atoms with Gasteiger partial charge < -0.3 is 15.5 Å². The van der Waals surface area contributed by atoms with E-state index in [2.05, 4.69) is 10.3 Å². The third kappa shape index (κ3) is 4.44. The van der Waals surface area contributed by atoms with Crippen LogP contribution in [0.4, 0.5) is 0 Å². The van der Waals surface area contributed by atoms with Crippen LogP contribution in [0.25, 0.3) is 5.65 Å². The molecule has 2 aromatic rings. The highest BCUT2D eigenvalue weighted by molar-refractivity contribution is 5.85. The summed E-state index contributed by atoms with van der Waals surface area (Å²) in [6.45, 7) is 4.35. The van der Waals surface area contributed by atoms with Crippen molar-refractivity contribution in [3.8, 4) is 0 Å². The van der Waals surface area contributed by atoms with Crippen LogP contribution in [-0.4, -0.2) is 27.4 Å². The Morgan fingerprint density at radius 1 is 1.48 bits per heavy atom. The first-order valence-electron chi connectivity index (χ1n) is 7.03. The number of nitrogens with two attached hydrogens (primary N) is 1. The molecule has 0 aliphatic heterocycles. The standard InChI is InChI=1S/C15H22N4O.ClH/c1-3-8-15(2,16)14(20)17-9-7-12-11-19-10-5-4-6-13(19)18-12;/h4-6,10-11H,3,7-9,16H2,1-2H3,(H,17,20);1H. The van der Waals surface area contributed by atoms with E-state index in [0.717, 1.165) is 17.8 Å². The smallest absolute Gasteiger partial charge is 0.239 e. The first-order chi connectivity index (χ1) is 9.53. The van der Waals surface area contributed by atoms with E-state index in [-0.39, 0.29) is 18.3 Å². The highest BCUT2D eigenvalue weighted by Crippen LogP contribution is 2.08. The van der Waals surface area contributed by atoms with Gasteiger partial charge in [-0.05, 0) is 25.5 Å². The van der Waals surface area contributed by atoms with Gasteiger partial charge in [0.25, 0.3) is 0 Å². The minimum absolute atomic E-state index is 0. The Morgan fingerprint density at radius 2 is 2.24 bits per heavy atom. The van der Waals surface area contributed by atoms with Crippen LogP contribution < -0.4 is 11.1 Å². The zero-order valence-electron chi connectivity index (χ0n) is 12.5. The second-order valence-corrected chi connectivity index (χ2v) is 5.37. The molecule has 0 saturated heterocycles. The van der Waals surface area contributed by atoms with Crippen LogP contribution in [0.3, 0.4) is 0 Å². The van der Waals surface area contributed by atoms with Crippen molar-refractivity contribution in [2.45, 2.75) is 38.6 Å². The molecule has 0 aliphatic rings. The first kappa shape index (κ1) is 17.5. The third-order valence-corrected chi connectivity index (χ3v) is 3.37. The van der Waals surface area contributed by atoms with Crippen molar-refractivity contribution in [1.29, 1.82) is 0 Å². The summed E-state index contributed by atoms with van der Waals surface area (Å²) in [7, 11) is 0. The Balaban J connectivity index is 0.00000220. The van der Waals surface area contributed by atoms with Crippen LogP contribution in [0.5, 0.6) is 0 Å². The molecule has 2 rings (SSSR count). The van der Waals surface area contributed by atoms with Gasteiger partial charge in [-0.1, -0.05) is 19.4 Å². The molecule has 3 N–H and O–H groups in total. The van der Waals surface area contributed by atoms with Gasteiger partial charge in [-0.3, -0.25) is 4.79 Å². The van der Waals surface area contributed by atoms with Gasteiger partial charge in [0, 0.05) is 25.4 Å². The summed E-state index contributed by atoms with van der Waals surface area (Å²) in [5.41, 5.74) is 7.08. The molecule has 1 amide bonds. The quantitative estimate of drug-likeness (QED) is 0.856. The maximum atomic E-state index is 12.0. The fourth-order valence-electron chi connectivity index (χ4n) is 2.25. The number of fused-ring (bicyclic) bond motifs is 1. The highest BCUT2D eigenvalue weighted by atomic mass is 35.5. The molecular weight excluding hydrogens is 288 g/mol. The molecule has 6 heteroatoms. The molecule has 0 fully saturated rings. The van der Waals surface area contributed by atoms with Crippen molar-refractivity contribution >= 4 is 24.0 Å². The molecule has 0 aromatic carbocycles. The monoisotopic (exact) mass is 310 g/mol. The van der Waals surface area contributed by atoms with Crippen molar-refractivity contribution in [2.75, 3.05) is 6.54 Å². The van der Waals surface area contributed by atoms with Gasteiger partial charge in [-0.25, -0.2) is 4.98 Å². The second-order valence-electron chi connectivity index (χ2n) is 5.37. The van der Waals surface area contributed by atoms with E-state index in [4.69, 9.17) is 5.73 Å². The summed E-state index contributed by atoms with van der Waals surface area (Å²) < 4.78 is 1.97. The lowest BCUT2D eigenvalue weighted by molar-refractivity contribution is -0.126. The van der Waals surface area contributed by atoms with Crippen LogP contribution in [-0.2, 0) is 11.2 Å². The highest BCUT2D eigenvalue weighted by Gasteiger charge is 2.26. The number of hydrogen-bond acceptors (Lipinski definition) is 3. The lowest BCUT2D eigenvalue weighted by Gasteiger charge is -2.22. The van der Waals surface area contributed by atoms with Gasteiger partial charge in [-0.15, -0.1) is 12.4 Å². The van der Waals surface area contributed by atoms with Gasteiger partial charge >= 0.3 is 0 Å². The number of aromatic nitrogens is 2. The normalized spacial score (nSPS) is 13.5. The number of carbonyl (C=O) groups excluding carboxylic acids is 1. The largest absolute Gasteiger partial charge is 0.354 e. The molecule has 1 unspecified atom stereocenters. The van der Waals surface area contributed by atoms with Crippen molar-refractivity contribution in [2.24, 2.45) is 5.73 Å². The van der Waals surface area contributed by atoms with Crippen LogP contribution in [0.15, 0.2) is 30.6 Å². The maximum Gasteiger partial charge on any atom is 0.239 e. The molecule has 0 aliphatic carbocycles. The van der Waals surface area contributed by atoms with E-state index < -0.39 is 5.54 Å². The molecule has 0 radical (unpaired) electrons. The van der Waals surface area contributed by atoms with Crippen LogP contribution in [0.2, 0.25) is 0 Å². The molecule has 0 bridgehead atoms. The predicted molar refractivity (Wildman–Crippen MR) is 86.7 cm³/mol. The number of nitrogens with one attached hydrogen (secondary N) is 1. The van der Waals surface area contributed by atoms with Crippen molar-refractivity contribution in [1.82, 2.24) is 14.7 Å². The van der Waals surface area contributed by atoms with Gasteiger partial charge in [0.1, 0.15) is 5.65 Å². The summed E-state index contributed by atoms with van der Waals surface area (Å²) in [5, 5.41) is 2.89. The number of imidazole rings is 1. The van der Waals surface area contributed by atoms with Gasteiger partial charge in [-0.2, -0.15) is 0 Å². The average Bonchev–Trinajstić information content (AvgIpc) is 2.81. The van der Waals surface area contributed by atoms with E-state index in [1.54, 1.807) is 6.92 Å². The van der Waals surface area contributed by atoms with Crippen LogP contribution in [0, 0.1) is 0 Å². The fourth-order valence-corrected chi connectivity index (χ4v) is 2.25. The number of carbonyl (C=O) groups is 1. The topological polar surface area (TPSA) is 72.4 Å². The van der Waals surface area contributed by atoms with E-state index in [0.29, 0.717) is 19.4 Å². The molecule has 1 atom stereocenters. The molecule has 116 valence electrons. The van der Waals surface area contributed by atoms with Crippen LogP contribution >= 0.6 is 12.4 Å². The number of amides is 1. The Bertz CT molecular complexity index is 561. The van der Waals surface area contributed by atoms with E-state index in [9.17, 15) is 4.79 Å². The van der Waals surface area contributed by atoms with E-state index in [1.165, 1.54) is 0 Å². The lowest BCUT2D eigenvalue weighted by Crippen LogP contribution is -2.51. The Labute approximate surface area is 131 Å². The van der Waals surface area contributed by atoms with Crippen molar-refractivity contribution in [3.05, 3.63) is 36.3 Å². The second kappa shape index (κ2) is 7.43. The summed E-state index contributed by atoms with van der Waals surface area (Å²) in [6, 6.07) is 5.88. The number of rotatable bonds is 6. The minimum Gasteiger partial charge on any atom is -0.354 e. The Hall–Kier alpha value is -1.59. The zero-order chi connectivity index (χ0) is 14.6. The van der Waals surface area contributed by atoms with E-state index in [1.807, 2.05) is 41.9 Å². The Kier molecular flexibility index (Phi) is 6.18. The van der Waals surface area contributed by atoms with Gasteiger partial charge in [0.2, 0.25) is 5.91 Å². The molecular formula is C15H23ClN4O. The lowest BCUT2D eigenvalue weighted by atomic mass is 9.96. The van der Waals surface area contributed by atoms with Crippen molar-refractivity contribution < 1.29 is 4.79 Å². The number of pyridine rings is 1. The number of hydrogen-bond donors (Lipinski definition) is 2. The SMILES string of the molecule is CCCC(C)(N)C(=O)NCCc1cn2ccccc2n1.Cl. The summed E-state index contributed by atoms with van der Waals surface area (Å²) in [5.74, 6) is -0.0943. The summed E-state index contributed by atoms with van der Waals surface area (Å²) in [4.78, 5) is 16.4. The zero-order valence-corrected chi connectivity index (χ0v) is 13.3. The molecule has 5 nitrogen and oxygen atoms in total. The maximum absolute atomic E-state index is 12.0. The Morgan fingerprint density at radius 3 is 2.90 bits per heavy atom. The van der Waals surface area contributed by atoms with Crippen LogP contribution in [0.1, 0.15) is 32.4 Å². The predicted octanol–water partition coefficient (Wildman–Crippen LogP) is 1.93. The molecule has 2 heterocycles. The first-order valence-corrected chi connectivity index (χ1v) is 7.03. The number of nitrogens with zero attached hydrogens (tertiary/aromatic N) is 2. The summed E-state index contributed by atoms with van der Waals surface area (Å²) >= 11 is 0. The molecule has 21 heavy (non-hydrogen) atoms. The van der Waals surface area contributed by atoms with Gasteiger partial charge in [0.05, 0.1) is 11.2 Å².